The zero-order chi connectivity index (χ0) is 22.0. The summed E-state index contributed by atoms with van der Waals surface area (Å²) in [6.07, 6.45) is 6.78. The topological polar surface area (TPSA) is 74.2 Å². The lowest BCUT2D eigenvalue weighted by Gasteiger charge is -2.31. The number of nitrogens with one attached hydrogen (secondary N) is 1. The number of carbonyl (C=O) groups is 2. The summed E-state index contributed by atoms with van der Waals surface area (Å²) in [7, 11) is 0. The van der Waals surface area contributed by atoms with Crippen LogP contribution in [0.25, 0.3) is 6.08 Å². The summed E-state index contributed by atoms with van der Waals surface area (Å²) in [4.78, 5) is 28.2. The third-order valence-corrected chi connectivity index (χ3v) is 6.40. The first kappa shape index (κ1) is 21.5. The Morgan fingerprint density at radius 2 is 1.90 bits per heavy atom. The van der Waals surface area contributed by atoms with Crippen LogP contribution in [0.4, 0.5) is 5.69 Å². The number of rotatable bonds is 5. The summed E-state index contributed by atoms with van der Waals surface area (Å²) in [5.74, 6) is 1.52. The van der Waals surface area contributed by atoms with Gasteiger partial charge in [0.05, 0.1) is 0 Å². The van der Waals surface area contributed by atoms with Crippen molar-refractivity contribution >= 4 is 35.8 Å². The fourth-order valence-electron chi connectivity index (χ4n) is 4.42. The summed E-state index contributed by atoms with van der Waals surface area (Å²) >= 11 is 5.36. The fraction of sp³-hybridized carbons (Fsp3) is 0.478. The highest BCUT2D eigenvalue weighted by molar-refractivity contribution is 7.71. The molecule has 1 N–H and O–H groups in total. The summed E-state index contributed by atoms with van der Waals surface area (Å²) in [5.41, 5.74) is 1.87. The lowest BCUT2D eigenvalue weighted by molar-refractivity contribution is -0.127. The molecule has 0 saturated carbocycles. The molecule has 2 aliphatic heterocycles. The summed E-state index contributed by atoms with van der Waals surface area (Å²) in [6, 6.07) is 8.05. The van der Waals surface area contributed by atoms with Gasteiger partial charge in [-0.25, -0.2) is 0 Å². The second kappa shape index (κ2) is 9.18. The number of hydrogen-bond donors (Lipinski definition) is 1. The number of likely N-dealkylation sites (tertiary alicyclic amines) is 1. The smallest absolute Gasteiger partial charge is 0.246 e. The molecule has 3 heterocycles. The van der Waals surface area contributed by atoms with Crippen LogP contribution >= 0.6 is 12.2 Å². The predicted octanol–water partition coefficient (Wildman–Crippen LogP) is 4.07. The first-order chi connectivity index (χ1) is 14.9. The van der Waals surface area contributed by atoms with E-state index in [0.29, 0.717) is 30.2 Å². The first-order valence-electron chi connectivity index (χ1n) is 11.0. The Balaban J connectivity index is 1.33. The molecule has 4 rings (SSSR count). The lowest BCUT2D eigenvalue weighted by Crippen LogP contribution is -2.37. The van der Waals surface area contributed by atoms with Crippen LogP contribution in [0.15, 0.2) is 30.3 Å². The van der Waals surface area contributed by atoms with Crippen LogP contribution in [-0.4, -0.2) is 51.1 Å². The van der Waals surface area contributed by atoms with E-state index in [0.717, 1.165) is 42.9 Å². The SMILES string of the molecule is CC(C)n1c(C2CCN(C(=O)/C=C/c3ccc(N4CCCC4=O)cc3)CC2)n[nH]c1=S. The number of benzene rings is 1. The van der Waals surface area contributed by atoms with Crippen molar-refractivity contribution in [2.75, 3.05) is 24.5 Å². The maximum atomic E-state index is 12.7. The number of piperidine rings is 1. The summed E-state index contributed by atoms with van der Waals surface area (Å²) < 4.78 is 2.74. The molecule has 7 nitrogen and oxygen atoms in total. The van der Waals surface area contributed by atoms with E-state index in [9.17, 15) is 9.59 Å². The summed E-state index contributed by atoms with van der Waals surface area (Å²) in [6.45, 7) is 6.41. The van der Waals surface area contributed by atoms with Gasteiger partial charge in [-0.1, -0.05) is 12.1 Å². The number of hydrogen-bond acceptors (Lipinski definition) is 4. The van der Waals surface area contributed by atoms with Crippen LogP contribution in [0.5, 0.6) is 0 Å². The van der Waals surface area contributed by atoms with E-state index in [4.69, 9.17) is 12.2 Å². The van der Waals surface area contributed by atoms with Crippen molar-refractivity contribution in [1.82, 2.24) is 19.7 Å². The highest BCUT2D eigenvalue weighted by atomic mass is 32.1. The van der Waals surface area contributed by atoms with Gasteiger partial charge in [0.15, 0.2) is 4.77 Å². The van der Waals surface area contributed by atoms with Crippen molar-refractivity contribution in [2.24, 2.45) is 0 Å². The number of aromatic amines is 1. The number of anilines is 1. The van der Waals surface area contributed by atoms with Crippen LogP contribution in [-0.2, 0) is 9.59 Å². The normalized spacial score (nSPS) is 18.0. The monoisotopic (exact) mass is 439 g/mol. The molecule has 1 aromatic carbocycles. The molecular weight excluding hydrogens is 410 g/mol. The number of H-pyrrole nitrogens is 1. The molecule has 2 fully saturated rings. The van der Waals surface area contributed by atoms with Crippen LogP contribution in [0.3, 0.4) is 0 Å². The van der Waals surface area contributed by atoms with Crippen molar-refractivity contribution in [3.05, 3.63) is 46.5 Å². The Bertz CT molecular complexity index is 1030. The minimum atomic E-state index is 0.0277. The zero-order valence-electron chi connectivity index (χ0n) is 18.1. The molecule has 0 atom stereocenters. The quantitative estimate of drug-likeness (QED) is 0.563. The molecule has 2 amide bonds. The van der Waals surface area contributed by atoms with Gasteiger partial charge in [-0.2, -0.15) is 5.10 Å². The minimum Gasteiger partial charge on any atom is -0.339 e. The van der Waals surface area contributed by atoms with Gasteiger partial charge in [0, 0.05) is 49.8 Å². The average Bonchev–Trinajstić information content (AvgIpc) is 3.38. The third kappa shape index (κ3) is 4.63. The Labute approximate surface area is 187 Å². The van der Waals surface area contributed by atoms with E-state index < -0.39 is 0 Å². The maximum Gasteiger partial charge on any atom is 0.246 e. The molecule has 0 aliphatic carbocycles. The van der Waals surface area contributed by atoms with Gasteiger partial charge >= 0.3 is 0 Å². The lowest BCUT2D eigenvalue weighted by atomic mass is 9.95. The first-order valence-corrected chi connectivity index (χ1v) is 11.4. The van der Waals surface area contributed by atoms with Crippen molar-refractivity contribution in [3.8, 4) is 0 Å². The standard InChI is InChI=1S/C23H29N5O2S/c1-16(2)28-22(24-25-23(28)31)18-11-14-26(15-12-18)20(29)10-7-17-5-8-19(9-6-17)27-13-3-4-21(27)30/h5-10,16,18H,3-4,11-15H2,1-2H3,(H,25,31)/b10-7+. The van der Waals surface area contributed by atoms with E-state index in [2.05, 4.69) is 28.6 Å². The second-order valence-corrected chi connectivity index (χ2v) is 8.91. The molecule has 0 unspecified atom stereocenters. The van der Waals surface area contributed by atoms with E-state index in [-0.39, 0.29) is 17.9 Å². The van der Waals surface area contributed by atoms with Gasteiger partial charge in [-0.05, 0) is 69.1 Å². The van der Waals surface area contributed by atoms with Crippen LogP contribution in [0.1, 0.15) is 62.9 Å². The number of nitrogens with zero attached hydrogens (tertiary/aromatic N) is 4. The second-order valence-electron chi connectivity index (χ2n) is 8.52. The van der Waals surface area contributed by atoms with Crippen molar-refractivity contribution < 1.29 is 9.59 Å². The Kier molecular flexibility index (Phi) is 6.36. The molecular formula is C23H29N5O2S. The number of aromatic nitrogens is 3. The average molecular weight is 440 g/mol. The third-order valence-electron chi connectivity index (χ3n) is 6.12. The van der Waals surface area contributed by atoms with Crippen molar-refractivity contribution in [3.63, 3.8) is 0 Å². The highest BCUT2D eigenvalue weighted by Crippen LogP contribution is 2.28. The van der Waals surface area contributed by atoms with Gasteiger partial charge < -0.3 is 14.4 Å². The molecule has 8 heteroatoms. The molecule has 2 aliphatic rings. The molecule has 31 heavy (non-hydrogen) atoms. The molecule has 2 saturated heterocycles. The van der Waals surface area contributed by atoms with E-state index in [1.807, 2.05) is 40.1 Å². The molecule has 2 aromatic rings. The minimum absolute atomic E-state index is 0.0277. The van der Waals surface area contributed by atoms with Crippen molar-refractivity contribution in [2.45, 2.75) is 51.5 Å². The molecule has 1 aromatic heterocycles. The predicted molar refractivity (Wildman–Crippen MR) is 123 cm³/mol. The largest absolute Gasteiger partial charge is 0.339 e. The molecule has 0 radical (unpaired) electrons. The van der Waals surface area contributed by atoms with Gasteiger partial charge in [0.1, 0.15) is 5.82 Å². The van der Waals surface area contributed by atoms with Crippen LogP contribution in [0, 0.1) is 4.77 Å². The fourth-order valence-corrected chi connectivity index (χ4v) is 4.77. The Morgan fingerprint density at radius 3 is 2.52 bits per heavy atom. The van der Waals surface area contributed by atoms with Gasteiger partial charge in [-0.3, -0.25) is 14.7 Å². The Hall–Kier alpha value is -2.74. The van der Waals surface area contributed by atoms with Crippen LogP contribution in [0.2, 0.25) is 0 Å². The zero-order valence-corrected chi connectivity index (χ0v) is 18.9. The highest BCUT2D eigenvalue weighted by Gasteiger charge is 2.27. The van der Waals surface area contributed by atoms with Gasteiger partial charge in [0.25, 0.3) is 0 Å². The maximum absolute atomic E-state index is 12.7. The number of amides is 2. The van der Waals surface area contributed by atoms with Crippen molar-refractivity contribution in [1.29, 1.82) is 0 Å². The van der Waals surface area contributed by atoms with E-state index >= 15 is 0 Å². The van der Waals surface area contributed by atoms with E-state index in [1.54, 1.807) is 6.08 Å². The van der Waals surface area contributed by atoms with Crippen LogP contribution < -0.4 is 4.90 Å². The summed E-state index contributed by atoms with van der Waals surface area (Å²) in [5, 5.41) is 7.37. The Morgan fingerprint density at radius 1 is 1.19 bits per heavy atom. The van der Waals surface area contributed by atoms with Gasteiger partial charge in [-0.15, -0.1) is 0 Å². The molecule has 0 spiro atoms. The van der Waals surface area contributed by atoms with Gasteiger partial charge in [0.2, 0.25) is 11.8 Å². The number of carbonyl (C=O) groups excluding carboxylic acids is 2. The molecule has 164 valence electrons. The molecule has 0 bridgehead atoms. The van der Waals surface area contributed by atoms with E-state index in [1.165, 1.54) is 0 Å².